The fraction of sp³-hybridized carbons (Fsp3) is 0.115. The molecule has 0 radical (unpaired) electrons. The number of sulfonamides is 1. The first-order chi connectivity index (χ1) is 17.3. The van der Waals surface area contributed by atoms with Gasteiger partial charge in [0.2, 0.25) is 10.0 Å². The molecule has 2 aromatic carbocycles. The molecule has 9 nitrogen and oxygen atoms in total. The largest absolute Gasteiger partial charge is 0.411 e. The van der Waals surface area contributed by atoms with Crippen molar-refractivity contribution in [3.05, 3.63) is 95.5 Å². The van der Waals surface area contributed by atoms with Crippen LogP contribution in [0.25, 0.3) is 16.7 Å². The number of anilines is 1. The van der Waals surface area contributed by atoms with Gasteiger partial charge in [-0.1, -0.05) is 41.6 Å². The maximum absolute atomic E-state index is 13.2. The third kappa shape index (κ3) is 4.77. The number of hydrogen-bond acceptors (Lipinski definition) is 7. The van der Waals surface area contributed by atoms with Crippen LogP contribution in [0.5, 0.6) is 0 Å². The summed E-state index contributed by atoms with van der Waals surface area (Å²) in [6.45, 7) is 1.78. The molecule has 0 aliphatic heterocycles. The molecular weight excluding hydrogens is 478 g/mol. The molecule has 10 heteroatoms. The zero-order chi connectivity index (χ0) is 25.9. The van der Waals surface area contributed by atoms with Crippen molar-refractivity contribution in [3.63, 3.8) is 0 Å². The number of rotatable bonds is 6. The van der Waals surface area contributed by atoms with Crippen molar-refractivity contribution in [1.29, 1.82) is 0 Å². The Morgan fingerprint density at radius 1 is 1.08 bits per heavy atom. The lowest BCUT2D eigenvalue weighted by Gasteiger charge is -2.19. The molecule has 0 fully saturated rings. The van der Waals surface area contributed by atoms with Gasteiger partial charge in [-0.3, -0.25) is 9.78 Å². The number of benzene rings is 2. The van der Waals surface area contributed by atoms with E-state index in [-0.39, 0.29) is 10.8 Å². The summed E-state index contributed by atoms with van der Waals surface area (Å²) in [6, 6.07) is 17.0. The van der Waals surface area contributed by atoms with Gasteiger partial charge in [0.15, 0.2) is 0 Å². The smallest absolute Gasteiger partial charge is 0.257 e. The number of nitrogens with zero attached hydrogens (tertiary/aromatic N) is 2. The highest BCUT2D eigenvalue weighted by atomic mass is 32.2. The van der Waals surface area contributed by atoms with Crippen LogP contribution in [0.2, 0.25) is 0 Å². The number of carbonyl (C=O) groups is 1. The molecule has 184 valence electrons. The summed E-state index contributed by atoms with van der Waals surface area (Å²) >= 11 is 0. The quantitative estimate of drug-likeness (QED) is 0.297. The van der Waals surface area contributed by atoms with E-state index in [1.165, 1.54) is 7.05 Å². The van der Waals surface area contributed by atoms with Crippen LogP contribution >= 0.6 is 0 Å². The van der Waals surface area contributed by atoms with Crippen LogP contribution in [0.15, 0.2) is 94.3 Å². The first-order valence-electron chi connectivity index (χ1n) is 11.0. The Bertz CT molecular complexity index is 1520. The molecule has 0 saturated carbocycles. The normalized spacial score (nSPS) is 15.1. The average molecular weight is 504 g/mol. The molecule has 0 saturated heterocycles. The number of nitrogens with one attached hydrogen (secondary N) is 2. The molecule has 1 amide bonds. The summed E-state index contributed by atoms with van der Waals surface area (Å²) < 4.78 is 27.1. The van der Waals surface area contributed by atoms with Crippen molar-refractivity contribution in [2.24, 2.45) is 10.9 Å². The van der Waals surface area contributed by atoms with Gasteiger partial charge in [-0.15, -0.1) is 0 Å². The molecule has 0 bridgehead atoms. The highest BCUT2D eigenvalue weighted by Gasteiger charge is 2.23. The number of allylic oxidation sites excluding steroid dienone is 4. The Balaban J connectivity index is 1.61. The van der Waals surface area contributed by atoms with Gasteiger partial charge in [0.25, 0.3) is 5.91 Å². The van der Waals surface area contributed by atoms with E-state index in [9.17, 15) is 13.2 Å². The van der Waals surface area contributed by atoms with Crippen molar-refractivity contribution in [2.45, 2.75) is 18.2 Å². The van der Waals surface area contributed by atoms with E-state index in [1.807, 2.05) is 6.08 Å². The second-order valence-corrected chi connectivity index (χ2v) is 9.90. The minimum absolute atomic E-state index is 0.169. The highest BCUT2D eigenvalue weighted by Crippen LogP contribution is 2.31. The van der Waals surface area contributed by atoms with Gasteiger partial charge in [-0.2, -0.15) is 0 Å². The molecule has 4 rings (SSSR count). The summed E-state index contributed by atoms with van der Waals surface area (Å²) in [4.78, 5) is 17.8. The number of amides is 1. The summed E-state index contributed by atoms with van der Waals surface area (Å²) in [5.74, 6) is -0.363. The minimum Gasteiger partial charge on any atom is -0.411 e. The van der Waals surface area contributed by atoms with Crippen LogP contribution < -0.4 is 15.8 Å². The van der Waals surface area contributed by atoms with E-state index in [2.05, 4.69) is 20.2 Å². The average Bonchev–Trinajstić information content (AvgIpc) is 2.90. The summed E-state index contributed by atoms with van der Waals surface area (Å²) in [7, 11) is -2.27. The number of nitrogens with two attached hydrogens (primary N) is 1. The first-order valence-corrected chi connectivity index (χ1v) is 12.5. The second-order valence-electron chi connectivity index (χ2n) is 8.04. The number of pyridine rings is 1. The van der Waals surface area contributed by atoms with Crippen LogP contribution in [0.1, 0.15) is 29.4 Å². The Morgan fingerprint density at radius 2 is 1.81 bits per heavy atom. The van der Waals surface area contributed by atoms with E-state index in [4.69, 9.17) is 10.9 Å². The lowest BCUT2D eigenvalue weighted by atomic mass is 9.90. The molecule has 1 aromatic heterocycles. The Hall–Kier alpha value is -4.28. The van der Waals surface area contributed by atoms with Gasteiger partial charge < -0.3 is 16.3 Å². The minimum atomic E-state index is -3.64. The van der Waals surface area contributed by atoms with Gasteiger partial charge in [0.05, 0.1) is 21.8 Å². The molecule has 1 aliphatic carbocycles. The second kappa shape index (κ2) is 10.1. The third-order valence-electron chi connectivity index (χ3n) is 5.95. The molecule has 0 spiro atoms. The van der Waals surface area contributed by atoms with Crippen molar-refractivity contribution >= 4 is 32.9 Å². The van der Waals surface area contributed by atoms with Crippen LogP contribution in [0.4, 0.5) is 5.69 Å². The van der Waals surface area contributed by atoms with Gasteiger partial charge in [-0.05, 0) is 55.4 Å². The van der Waals surface area contributed by atoms with E-state index in [0.29, 0.717) is 57.0 Å². The fourth-order valence-electron chi connectivity index (χ4n) is 3.98. The molecular formula is C26H25N5O4S. The molecule has 5 N–H and O–H groups in total. The molecule has 1 heterocycles. The van der Waals surface area contributed by atoms with Crippen LogP contribution in [-0.2, 0) is 10.0 Å². The maximum atomic E-state index is 13.2. The predicted octanol–water partition coefficient (Wildman–Crippen LogP) is 3.76. The van der Waals surface area contributed by atoms with Gasteiger partial charge in [-0.25, -0.2) is 13.1 Å². The lowest BCUT2D eigenvalue weighted by molar-refractivity contribution is 0.102. The van der Waals surface area contributed by atoms with Gasteiger partial charge in [0.1, 0.15) is 5.71 Å². The van der Waals surface area contributed by atoms with E-state index >= 15 is 0 Å². The molecule has 0 unspecified atom stereocenters. The van der Waals surface area contributed by atoms with Crippen LogP contribution in [-0.4, -0.2) is 37.3 Å². The van der Waals surface area contributed by atoms with E-state index in [1.54, 1.807) is 73.8 Å². The number of oxime groups is 1. The van der Waals surface area contributed by atoms with Gasteiger partial charge >= 0.3 is 0 Å². The molecule has 3 aromatic rings. The fourth-order valence-corrected chi connectivity index (χ4v) is 4.93. The number of carbonyl (C=O) groups excluding carboxylic acids is 1. The number of hydrogen-bond donors (Lipinski definition) is 4. The standard InChI is InChI=1S/C26H25N5O4S/c1-16-19(13-14-22(31-33)24(16)27)25-21(7-5-15-29-25)26(32)30-18-11-9-17(10-12-18)20-6-3-4-8-23(20)36(34,35)28-2/h3-13,15,28,33H,14,27H2,1-2H3,(H,30,32). The summed E-state index contributed by atoms with van der Waals surface area (Å²) in [6.07, 6.45) is 3.74. The number of aromatic nitrogens is 1. The van der Waals surface area contributed by atoms with E-state index < -0.39 is 10.0 Å². The van der Waals surface area contributed by atoms with Crippen molar-refractivity contribution in [3.8, 4) is 11.1 Å². The molecule has 0 atom stereocenters. The summed E-state index contributed by atoms with van der Waals surface area (Å²) in [5.41, 5.74) is 10.8. The Kier molecular flexibility index (Phi) is 7.00. The predicted molar refractivity (Wildman–Crippen MR) is 139 cm³/mol. The highest BCUT2D eigenvalue weighted by molar-refractivity contribution is 7.89. The van der Waals surface area contributed by atoms with Crippen LogP contribution in [0.3, 0.4) is 0 Å². The SMILES string of the molecule is CNS(=O)(=O)c1ccccc1-c1ccc(NC(=O)c2cccnc2C2=CCC(=NO)C(N)=C2C)cc1. The third-order valence-corrected chi connectivity index (χ3v) is 7.42. The van der Waals surface area contributed by atoms with Crippen molar-refractivity contribution in [2.75, 3.05) is 12.4 Å². The first kappa shape index (κ1) is 24.8. The van der Waals surface area contributed by atoms with E-state index in [0.717, 1.165) is 0 Å². The Labute approximate surface area is 209 Å². The lowest BCUT2D eigenvalue weighted by Crippen LogP contribution is -2.20. The van der Waals surface area contributed by atoms with Gasteiger partial charge in [0, 0.05) is 29.4 Å². The maximum Gasteiger partial charge on any atom is 0.257 e. The summed E-state index contributed by atoms with van der Waals surface area (Å²) in [5, 5.41) is 15.2. The zero-order valence-corrected chi connectivity index (χ0v) is 20.5. The van der Waals surface area contributed by atoms with Crippen LogP contribution in [0, 0.1) is 0 Å². The zero-order valence-electron chi connectivity index (χ0n) is 19.7. The molecule has 1 aliphatic rings. The monoisotopic (exact) mass is 503 g/mol. The van der Waals surface area contributed by atoms with Crippen molar-refractivity contribution < 1.29 is 18.4 Å². The topological polar surface area (TPSA) is 147 Å². The Morgan fingerprint density at radius 3 is 2.50 bits per heavy atom. The van der Waals surface area contributed by atoms with Crippen molar-refractivity contribution in [1.82, 2.24) is 9.71 Å². The molecule has 36 heavy (non-hydrogen) atoms.